The summed E-state index contributed by atoms with van der Waals surface area (Å²) < 4.78 is 28.4. The van der Waals surface area contributed by atoms with Crippen molar-refractivity contribution in [2.24, 2.45) is 0 Å². The first-order valence-electron chi connectivity index (χ1n) is 11.8. The van der Waals surface area contributed by atoms with Gasteiger partial charge < -0.3 is 10.2 Å². The van der Waals surface area contributed by atoms with Crippen LogP contribution in [0.2, 0.25) is 10.0 Å². The van der Waals surface area contributed by atoms with E-state index in [2.05, 4.69) is 5.32 Å². The fourth-order valence-electron chi connectivity index (χ4n) is 3.65. The van der Waals surface area contributed by atoms with Gasteiger partial charge in [0, 0.05) is 18.1 Å². The highest BCUT2D eigenvalue weighted by molar-refractivity contribution is 7.92. The Morgan fingerprint density at radius 1 is 0.919 bits per heavy atom. The van der Waals surface area contributed by atoms with Crippen LogP contribution in [0.5, 0.6) is 0 Å². The number of hydrogen-bond donors (Lipinski definition) is 1. The topological polar surface area (TPSA) is 86.8 Å². The molecule has 0 aromatic heterocycles. The van der Waals surface area contributed by atoms with Crippen molar-refractivity contribution in [3.05, 3.63) is 94.5 Å². The van der Waals surface area contributed by atoms with Crippen molar-refractivity contribution in [2.75, 3.05) is 17.4 Å². The van der Waals surface area contributed by atoms with Gasteiger partial charge in [0.1, 0.15) is 12.6 Å². The summed E-state index contributed by atoms with van der Waals surface area (Å²) in [5.41, 5.74) is 0.902. The van der Waals surface area contributed by atoms with E-state index in [1.165, 1.54) is 23.1 Å². The van der Waals surface area contributed by atoms with Gasteiger partial charge in [-0.2, -0.15) is 0 Å². The Kier molecular flexibility index (Phi) is 9.97. The molecule has 196 valence electrons. The number of nitrogens with zero attached hydrogens (tertiary/aromatic N) is 2. The highest BCUT2D eigenvalue weighted by atomic mass is 35.5. The molecule has 2 amide bonds. The molecule has 7 nitrogen and oxygen atoms in total. The monoisotopic (exact) mass is 561 g/mol. The largest absolute Gasteiger partial charge is 0.354 e. The maximum atomic E-state index is 13.8. The zero-order chi connectivity index (χ0) is 27.0. The van der Waals surface area contributed by atoms with Gasteiger partial charge in [-0.25, -0.2) is 8.42 Å². The van der Waals surface area contributed by atoms with E-state index in [0.29, 0.717) is 11.6 Å². The number of anilines is 1. The van der Waals surface area contributed by atoms with Gasteiger partial charge in [-0.1, -0.05) is 72.6 Å². The number of carbonyl (C=O) groups excluding carboxylic acids is 2. The maximum Gasteiger partial charge on any atom is 0.264 e. The van der Waals surface area contributed by atoms with E-state index >= 15 is 0 Å². The van der Waals surface area contributed by atoms with Crippen LogP contribution in [0.25, 0.3) is 0 Å². The zero-order valence-corrected chi connectivity index (χ0v) is 22.9. The molecular formula is C27H29Cl2N3O4S. The third-order valence-electron chi connectivity index (χ3n) is 5.71. The average molecular weight is 563 g/mol. The minimum atomic E-state index is -4.16. The van der Waals surface area contributed by atoms with Crippen molar-refractivity contribution in [3.8, 4) is 0 Å². The van der Waals surface area contributed by atoms with Crippen molar-refractivity contribution in [1.29, 1.82) is 0 Å². The Balaban J connectivity index is 2.01. The van der Waals surface area contributed by atoms with Crippen molar-refractivity contribution in [2.45, 2.75) is 37.8 Å². The van der Waals surface area contributed by atoms with E-state index in [9.17, 15) is 18.0 Å². The Hall–Kier alpha value is -3.07. The second-order valence-corrected chi connectivity index (χ2v) is 11.1. The summed E-state index contributed by atoms with van der Waals surface area (Å²) >= 11 is 12.4. The van der Waals surface area contributed by atoms with Crippen LogP contribution in [0.15, 0.2) is 83.8 Å². The van der Waals surface area contributed by atoms with E-state index in [1.54, 1.807) is 67.6 Å². The molecule has 3 aromatic rings. The third kappa shape index (κ3) is 7.25. The van der Waals surface area contributed by atoms with Gasteiger partial charge in [-0.3, -0.25) is 13.9 Å². The molecule has 0 aliphatic carbocycles. The van der Waals surface area contributed by atoms with Crippen LogP contribution in [0.1, 0.15) is 25.8 Å². The lowest BCUT2D eigenvalue weighted by molar-refractivity contribution is -0.139. The molecule has 1 N–H and O–H groups in total. The minimum absolute atomic E-state index is 0.0145. The number of sulfonamides is 1. The Morgan fingerprint density at radius 2 is 1.54 bits per heavy atom. The lowest BCUT2D eigenvalue weighted by Gasteiger charge is -2.32. The number of rotatable bonds is 11. The predicted octanol–water partition coefficient (Wildman–Crippen LogP) is 5.13. The number of amides is 2. The number of hydrogen-bond acceptors (Lipinski definition) is 4. The molecule has 3 aromatic carbocycles. The van der Waals surface area contributed by atoms with Gasteiger partial charge in [0.05, 0.1) is 15.6 Å². The Labute approximate surface area is 228 Å². The molecule has 0 aliphatic heterocycles. The highest BCUT2D eigenvalue weighted by Gasteiger charge is 2.33. The van der Waals surface area contributed by atoms with E-state index in [-0.39, 0.29) is 28.1 Å². The fourth-order valence-corrected chi connectivity index (χ4v) is 5.52. The molecule has 0 saturated heterocycles. The second-order valence-electron chi connectivity index (χ2n) is 8.39. The lowest BCUT2D eigenvalue weighted by Crippen LogP contribution is -2.51. The first kappa shape index (κ1) is 28.5. The molecule has 10 heteroatoms. The van der Waals surface area contributed by atoms with Crippen LogP contribution in [0, 0.1) is 0 Å². The molecular weight excluding hydrogens is 533 g/mol. The van der Waals surface area contributed by atoms with Crippen LogP contribution in [-0.2, 0) is 26.2 Å². The van der Waals surface area contributed by atoms with Gasteiger partial charge >= 0.3 is 0 Å². The molecule has 0 heterocycles. The first-order chi connectivity index (χ1) is 17.6. The Morgan fingerprint density at radius 3 is 2.16 bits per heavy atom. The summed E-state index contributed by atoms with van der Waals surface area (Å²) in [7, 11) is -4.16. The van der Waals surface area contributed by atoms with Crippen molar-refractivity contribution >= 4 is 50.7 Å². The van der Waals surface area contributed by atoms with Crippen molar-refractivity contribution in [1.82, 2.24) is 10.2 Å². The maximum absolute atomic E-state index is 13.8. The van der Waals surface area contributed by atoms with Crippen LogP contribution < -0.4 is 9.62 Å². The molecule has 1 atom stereocenters. The normalized spacial score (nSPS) is 12.0. The molecule has 0 fully saturated rings. The zero-order valence-electron chi connectivity index (χ0n) is 20.6. The number of para-hydroxylation sites is 1. The molecule has 3 rings (SSSR count). The minimum Gasteiger partial charge on any atom is -0.354 e. The van der Waals surface area contributed by atoms with E-state index in [0.717, 1.165) is 16.3 Å². The summed E-state index contributed by atoms with van der Waals surface area (Å²) in [5, 5.41) is 3.52. The SMILES string of the molecule is CCCNC(=O)[C@@H](C)N(Cc1ccc(Cl)cc1)C(=O)CN(c1ccccc1Cl)S(=O)(=O)c1ccccc1. The smallest absolute Gasteiger partial charge is 0.264 e. The summed E-state index contributed by atoms with van der Waals surface area (Å²) in [6, 6.07) is 20.3. The van der Waals surface area contributed by atoms with Gasteiger partial charge in [-0.15, -0.1) is 0 Å². The highest BCUT2D eigenvalue weighted by Crippen LogP contribution is 2.30. The molecule has 0 saturated carbocycles. The fraction of sp³-hybridized carbons (Fsp3) is 0.259. The van der Waals surface area contributed by atoms with Gasteiger partial charge in [-0.05, 0) is 55.3 Å². The van der Waals surface area contributed by atoms with Crippen LogP contribution >= 0.6 is 23.2 Å². The second kappa shape index (κ2) is 12.9. The quantitative estimate of drug-likeness (QED) is 0.351. The lowest BCUT2D eigenvalue weighted by atomic mass is 10.1. The van der Waals surface area contributed by atoms with Crippen LogP contribution in [0.3, 0.4) is 0 Å². The first-order valence-corrected chi connectivity index (χ1v) is 14.0. The molecule has 37 heavy (non-hydrogen) atoms. The van der Waals surface area contributed by atoms with Crippen molar-refractivity contribution in [3.63, 3.8) is 0 Å². The standard InChI is InChI=1S/C27H29Cl2N3O4S/c1-3-17-30-27(34)20(2)31(18-21-13-15-22(28)16-14-21)26(33)19-32(25-12-8-7-11-24(25)29)37(35,36)23-9-5-4-6-10-23/h4-16,20H,3,17-19H2,1-2H3,(H,30,34)/t20-/m1/s1. The molecule has 0 aliphatic rings. The molecule has 0 bridgehead atoms. The van der Waals surface area contributed by atoms with E-state index < -0.39 is 28.5 Å². The van der Waals surface area contributed by atoms with Crippen LogP contribution in [0.4, 0.5) is 5.69 Å². The third-order valence-corrected chi connectivity index (χ3v) is 8.06. The summed E-state index contributed by atoms with van der Waals surface area (Å²) in [4.78, 5) is 28.0. The summed E-state index contributed by atoms with van der Waals surface area (Å²) in [6.45, 7) is 3.53. The number of carbonyl (C=O) groups is 2. The number of nitrogens with one attached hydrogen (secondary N) is 1. The number of benzene rings is 3. The van der Waals surface area contributed by atoms with Crippen molar-refractivity contribution < 1.29 is 18.0 Å². The Bertz CT molecular complexity index is 1320. The van der Waals surface area contributed by atoms with E-state index in [4.69, 9.17) is 23.2 Å². The molecule has 0 spiro atoms. The summed E-state index contributed by atoms with van der Waals surface area (Å²) in [6.07, 6.45) is 0.735. The van der Waals surface area contributed by atoms with Crippen LogP contribution in [-0.4, -0.2) is 44.3 Å². The predicted molar refractivity (Wildman–Crippen MR) is 147 cm³/mol. The van der Waals surface area contributed by atoms with Gasteiger partial charge in [0.15, 0.2) is 0 Å². The summed E-state index contributed by atoms with van der Waals surface area (Å²) in [5.74, 6) is -0.895. The van der Waals surface area contributed by atoms with E-state index in [1.807, 2.05) is 6.92 Å². The number of halogens is 2. The molecule has 0 radical (unpaired) electrons. The van der Waals surface area contributed by atoms with Gasteiger partial charge in [0.25, 0.3) is 10.0 Å². The van der Waals surface area contributed by atoms with Gasteiger partial charge in [0.2, 0.25) is 11.8 Å². The molecule has 0 unspecified atom stereocenters. The average Bonchev–Trinajstić information content (AvgIpc) is 2.90.